The van der Waals surface area contributed by atoms with E-state index >= 15 is 0 Å². The first-order valence-corrected chi connectivity index (χ1v) is 15.0. The second-order valence-corrected chi connectivity index (χ2v) is 11.1. The maximum atomic E-state index is 3.57. The first-order valence-electron chi connectivity index (χ1n) is 15.0. The van der Waals surface area contributed by atoms with Crippen LogP contribution in [0.3, 0.4) is 0 Å². The molecule has 2 aliphatic rings. The Kier molecular flexibility index (Phi) is 6.28. The van der Waals surface area contributed by atoms with Crippen molar-refractivity contribution < 1.29 is 0 Å². The van der Waals surface area contributed by atoms with Gasteiger partial charge in [0.15, 0.2) is 0 Å². The molecular weight excluding hydrogens is 520 g/mol. The largest absolute Gasteiger partial charge is 0.313 e. The summed E-state index contributed by atoms with van der Waals surface area (Å²) in [6, 6.07) is 43.4. The maximum Gasteiger partial charge on any atom is 0.0628 e. The Morgan fingerprint density at radius 1 is 0.674 bits per heavy atom. The summed E-state index contributed by atoms with van der Waals surface area (Å²) in [6.45, 7) is 0. The Hall–Kier alpha value is -5.52. The zero-order valence-corrected chi connectivity index (χ0v) is 23.9. The predicted molar refractivity (Wildman–Crippen MR) is 182 cm³/mol. The molecule has 6 aromatic rings. The molecule has 0 saturated carbocycles. The number of hydrogen-bond acceptors (Lipinski definition) is 1. The lowest BCUT2D eigenvalue weighted by molar-refractivity contribution is 0.918. The van der Waals surface area contributed by atoms with Gasteiger partial charge in [-0.15, -0.1) is 0 Å². The highest BCUT2D eigenvalue weighted by Crippen LogP contribution is 2.43. The summed E-state index contributed by atoms with van der Waals surface area (Å²) in [7, 11) is 0. The van der Waals surface area contributed by atoms with Crippen molar-refractivity contribution in [2.45, 2.75) is 19.3 Å². The van der Waals surface area contributed by atoms with Gasteiger partial charge in [0.05, 0.1) is 28.1 Å². The van der Waals surface area contributed by atoms with Crippen LogP contribution < -0.4 is 4.90 Å². The third kappa shape index (κ3) is 4.38. The van der Waals surface area contributed by atoms with Gasteiger partial charge in [0, 0.05) is 34.1 Å². The molecule has 0 radical (unpaired) electrons. The van der Waals surface area contributed by atoms with Gasteiger partial charge in [-0.25, -0.2) is 0 Å². The molecule has 2 heteroatoms. The van der Waals surface area contributed by atoms with Gasteiger partial charge in [0.25, 0.3) is 0 Å². The molecule has 0 N–H and O–H groups in total. The van der Waals surface area contributed by atoms with E-state index < -0.39 is 0 Å². The molecule has 0 fully saturated rings. The van der Waals surface area contributed by atoms with Gasteiger partial charge in [-0.05, 0) is 66.3 Å². The number of para-hydroxylation sites is 3. The van der Waals surface area contributed by atoms with E-state index in [1.54, 1.807) is 0 Å². The van der Waals surface area contributed by atoms with E-state index in [4.69, 9.17) is 0 Å². The zero-order chi connectivity index (χ0) is 28.6. The molecule has 8 rings (SSSR count). The smallest absolute Gasteiger partial charge is 0.0628 e. The fraction of sp³-hybridized carbons (Fsp3) is 0.0732. The minimum absolute atomic E-state index is 0.678. The van der Waals surface area contributed by atoms with Crippen molar-refractivity contribution in [3.63, 3.8) is 0 Å². The maximum absolute atomic E-state index is 3.57. The summed E-state index contributed by atoms with van der Waals surface area (Å²) in [5.74, 6) is 7.12. The Bertz CT molecular complexity index is 2160. The Morgan fingerprint density at radius 3 is 2.30 bits per heavy atom. The van der Waals surface area contributed by atoms with Gasteiger partial charge in [-0.2, -0.15) is 0 Å². The van der Waals surface area contributed by atoms with Crippen molar-refractivity contribution in [2.24, 2.45) is 0 Å². The number of benzene rings is 5. The molecule has 0 atom stereocenters. The van der Waals surface area contributed by atoms with E-state index in [1.807, 2.05) is 0 Å². The summed E-state index contributed by atoms with van der Waals surface area (Å²) in [4.78, 5) is 2.48. The molecule has 204 valence electrons. The van der Waals surface area contributed by atoms with Gasteiger partial charge in [0.2, 0.25) is 0 Å². The molecule has 0 unspecified atom stereocenters. The molecule has 2 aliphatic carbocycles. The van der Waals surface area contributed by atoms with Crippen LogP contribution in [-0.2, 0) is 0 Å². The molecular formula is C41H30N2. The van der Waals surface area contributed by atoms with E-state index in [2.05, 4.69) is 167 Å². The Morgan fingerprint density at radius 2 is 1.42 bits per heavy atom. The number of nitrogens with zero attached hydrogens (tertiary/aromatic N) is 2. The second-order valence-electron chi connectivity index (χ2n) is 11.1. The van der Waals surface area contributed by atoms with Crippen LogP contribution in [-0.4, -0.2) is 4.57 Å². The van der Waals surface area contributed by atoms with E-state index in [0.29, 0.717) is 6.42 Å². The zero-order valence-electron chi connectivity index (χ0n) is 23.9. The first-order chi connectivity index (χ1) is 21.4. The molecule has 0 saturated heterocycles. The normalized spacial score (nSPS) is 14.0. The van der Waals surface area contributed by atoms with Crippen LogP contribution in [0.1, 0.15) is 36.1 Å². The van der Waals surface area contributed by atoms with Crippen molar-refractivity contribution in [3.8, 4) is 17.5 Å². The molecule has 5 aromatic carbocycles. The molecule has 2 nitrogen and oxygen atoms in total. The van der Waals surface area contributed by atoms with E-state index in [0.717, 1.165) is 29.8 Å². The number of fused-ring (bicyclic) bond motifs is 4. The molecule has 43 heavy (non-hydrogen) atoms. The van der Waals surface area contributed by atoms with Gasteiger partial charge in [-0.1, -0.05) is 115 Å². The minimum atomic E-state index is 0.678. The first kappa shape index (κ1) is 25.2. The number of aromatic nitrogens is 1. The van der Waals surface area contributed by atoms with Crippen LogP contribution in [0.5, 0.6) is 0 Å². The van der Waals surface area contributed by atoms with Crippen molar-refractivity contribution in [3.05, 3.63) is 162 Å². The minimum Gasteiger partial charge on any atom is -0.313 e. The molecule has 0 spiro atoms. The van der Waals surface area contributed by atoms with Crippen LogP contribution in [0.4, 0.5) is 11.4 Å². The number of hydrogen-bond donors (Lipinski definition) is 0. The monoisotopic (exact) mass is 550 g/mol. The van der Waals surface area contributed by atoms with Gasteiger partial charge >= 0.3 is 0 Å². The van der Waals surface area contributed by atoms with Crippen LogP contribution >= 0.6 is 0 Å². The summed E-state index contributed by atoms with van der Waals surface area (Å²) < 4.78 is 2.37. The summed E-state index contributed by atoms with van der Waals surface area (Å²) in [5, 5.41) is 3.68. The highest BCUT2D eigenvalue weighted by atomic mass is 15.2. The van der Waals surface area contributed by atoms with Crippen molar-refractivity contribution in [2.75, 3.05) is 4.90 Å². The number of anilines is 2. The highest BCUT2D eigenvalue weighted by Gasteiger charge is 2.23. The van der Waals surface area contributed by atoms with Gasteiger partial charge in [0.1, 0.15) is 0 Å². The van der Waals surface area contributed by atoms with Crippen LogP contribution in [0.25, 0.3) is 39.0 Å². The Balaban J connectivity index is 1.37. The standard InChI is InChI=1S/C41H30N2/c1-3-18-32(19-4-1)42(39-28-14-16-30-15-7-8-22-34(30)39)38-26-11-9-23-35(38)31-17-13-25-37-36-24-10-12-27-40(36)43(41(37)29-31)33-20-5-2-6-21-33/h1-3,5-12,14-16,18,20-24,26-29H,4,17,19H2. The van der Waals surface area contributed by atoms with Crippen LogP contribution in [0.15, 0.2) is 145 Å². The molecule has 1 aromatic heterocycles. The number of allylic oxidation sites excluding steroid dienone is 5. The third-order valence-corrected chi connectivity index (χ3v) is 8.51. The third-order valence-electron chi connectivity index (χ3n) is 8.51. The topological polar surface area (TPSA) is 8.17 Å². The predicted octanol–water partition coefficient (Wildman–Crippen LogP) is 10.5. The molecule has 0 amide bonds. The summed E-state index contributed by atoms with van der Waals surface area (Å²) in [5.41, 5.74) is 10.7. The lowest BCUT2D eigenvalue weighted by atomic mass is 9.97. The lowest BCUT2D eigenvalue weighted by Gasteiger charge is -2.32. The van der Waals surface area contributed by atoms with Crippen molar-refractivity contribution in [1.82, 2.24) is 4.57 Å². The quantitative estimate of drug-likeness (QED) is 0.194. The SMILES string of the molecule is C1#Cc2c(n(-c3ccccc3)c3ccccc23)C=C(c2ccccc2N(C2=CC=CCC2)c2cccc3ccccc23)C1. The van der Waals surface area contributed by atoms with E-state index in [1.165, 1.54) is 49.9 Å². The molecule has 0 bridgehead atoms. The van der Waals surface area contributed by atoms with E-state index in [-0.39, 0.29) is 0 Å². The molecule has 1 heterocycles. The van der Waals surface area contributed by atoms with E-state index in [9.17, 15) is 0 Å². The van der Waals surface area contributed by atoms with Gasteiger partial charge < -0.3 is 9.47 Å². The number of rotatable bonds is 5. The van der Waals surface area contributed by atoms with Crippen LogP contribution in [0.2, 0.25) is 0 Å². The summed E-state index contributed by atoms with van der Waals surface area (Å²) >= 11 is 0. The second kappa shape index (κ2) is 10.7. The molecule has 0 aliphatic heterocycles. The van der Waals surface area contributed by atoms with Crippen LogP contribution in [0, 0.1) is 11.8 Å². The lowest BCUT2D eigenvalue weighted by Crippen LogP contribution is -2.19. The Labute approximate surface area is 252 Å². The highest BCUT2D eigenvalue weighted by molar-refractivity contribution is 6.01. The van der Waals surface area contributed by atoms with Gasteiger partial charge in [-0.3, -0.25) is 0 Å². The van der Waals surface area contributed by atoms with Crippen molar-refractivity contribution >= 4 is 44.7 Å². The fourth-order valence-electron chi connectivity index (χ4n) is 6.56. The fourth-order valence-corrected chi connectivity index (χ4v) is 6.56. The summed E-state index contributed by atoms with van der Waals surface area (Å²) in [6.07, 6.45) is 11.8. The average Bonchev–Trinajstić information content (AvgIpc) is 3.22. The van der Waals surface area contributed by atoms with Crippen molar-refractivity contribution in [1.29, 1.82) is 0 Å². The average molecular weight is 551 g/mol.